The maximum atomic E-state index is 12.4. The zero-order valence-corrected chi connectivity index (χ0v) is 14.6. The molecule has 3 aromatic rings. The fraction of sp³-hybridized carbons (Fsp3) is 0.167. The van der Waals surface area contributed by atoms with Crippen LogP contribution in [0.3, 0.4) is 0 Å². The van der Waals surface area contributed by atoms with Crippen molar-refractivity contribution in [2.24, 2.45) is 0 Å². The van der Waals surface area contributed by atoms with Crippen molar-refractivity contribution in [3.05, 3.63) is 53.1 Å². The lowest BCUT2D eigenvalue weighted by molar-refractivity contribution is -0.122. The van der Waals surface area contributed by atoms with Crippen molar-refractivity contribution in [3.63, 3.8) is 0 Å². The lowest BCUT2D eigenvalue weighted by Gasteiger charge is -2.08. The molecule has 2 heterocycles. The third kappa shape index (κ3) is 3.09. The molecule has 2 N–H and O–H groups in total. The maximum absolute atomic E-state index is 12.4. The molecule has 26 heavy (non-hydrogen) atoms. The van der Waals surface area contributed by atoms with Gasteiger partial charge >= 0.3 is 0 Å². The van der Waals surface area contributed by atoms with E-state index in [1.54, 1.807) is 25.3 Å². The zero-order chi connectivity index (χ0) is 18.1. The molecule has 1 amide bonds. The molecule has 1 aromatic heterocycles. The highest BCUT2D eigenvalue weighted by atomic mass is 35.5. The van der Waals surface area contributed by atoms with Gasteiger partial charge in [0.15, 0.2) is 11.9 Å². The van der Waals surface area contributed by atoms with Gasteiger partial charge in [-0.05, 0) is 35.9 Å². The van der Waals surface area contributed by atoms with Crippen LogP contribution in [0.15, 0.2) is 42.5 Å². The molecule has 0 radical (unpaired) electrons. The van der Waals surface area contributed by atoms with Gasteiger partial charge in [-0.3, -0.25) is 15.2 Å². The van der Waals surface area contributed by atoms with Crippen LogP contribution in [0.25, 0.3) is 11.4 Å². The Morgan fingerprint density at radius 2 is 2.19 bits per heavy atom. The summed E-state index contributed by atoms with van der Waals surface area (Å²) in [7, 11) is 1.58. The van der Waals surface area contributed by atoms with Gasteiger partial charge in [0.25, 0.3) is 5.91 Å². The minimum Gasteiger partial charge on any atom is -0.496 e. The first kappa shape index (κ1) is 16.4. The summed E-state index contributed by atoms with van der Waals surface area (Å²) in [6.07, 6.45) is -0.192. The number of H-pyrrole nitrogens is 1. The lowest BCUT2D eigenvalue weighted by atomic mass is 10.1. The van der Waals surface area contributed by atoms with Crippen molar-refractivity contribution in [3.8, 4) is 22.9 Å². The summed E-state index contributed by atoms with van der Waals surface area (Å²) in [4.78, 5) is 16.8. The van der Waals surface area contributed by atoms with Gasteiger partial charge in [0.1, 0.15) is 11.5 Å². The first-order chi connectivity index (χ1) is 12.6. The predicted octanol–water partition coefficient (Wildman–Crippen LogP) is 3.08. The number of aromatic amines is 1. The van der Waals surface area contributed by atoms with Crippen LogP contribution in [0.1, 0.15) is 5.56 Å². The van der Waals surface area contributed by atoms with Gasteiger partial charge in [-0.25, -0.2) is 0 Å². The number of para-hydroxylation sites is 1. The molecule has 0 bridgehead atoms. The van der Waals surface area contributed by atoms with Crippen molar-refractivity contribution < 1.29 is 14.3 Å². The summed E-state index contributed by atoms with van der Waals surface area (Å²) < 4.78 is 11.0. The lowest BCUT2D eigenvalue weighted by Crippen LogP contribution is -2.31. The number of ether oxygens (including phenoxy) is 2. The Bertz CT molecular complexity index is 973. The number of methoxy groups -OCH3 is 1. The second-order valence-corrected chi connectivity index (χ2v) is 6.20. The Morgan fingerprint density at radius 3 is 3.04 bits per heavy atom. The van der Waals surface area contributed by atoms with E-state index in [1.165, 1.54) is 0 Å². The van der Waals surface area contributed by atoms with Crippen LogP contribution in [0, 0.1) is 0 Å². The summed E-state index contributed by atoms with van der Waals surface area (Å²) in [5.41, 5.74) is 1.66. The first-order valence-corrected chi connectivity index (χ1v) is 8.33. The van der Waals surface area contributed by atoms with E-state index < -0.39 is 6.10 Å². The van der Waals surface area contributed by atoms with E-state index in [9.17, 15) is 4.79 Å². The number of carbonyl (C=O) groups is 1. The van der Waals surface area contributed by atoms with Gasteiger partial charge in [0.2, 0.25) is 5.95 Å². The molecule has 0 saturated heterocycles. The molecule has 8 heteroatoms. The van der Waals surface area contributed by atoms with E-state index in [0.717, 1.165) is 11.1 Å². The summed E-state index contributed by atoms with van der Waals surface area (Å²) in [6.45, 7) is 0. The number of amides is 1. The number of anilines is 1. The largest absolute Gasteiger partial charge is 0.496 e. The van der Waals surface area contributed by atoms with E-state index in [0.29, 0.717) is 28.8 Å². The number of carbonyl (C=O) groups excluding carboxylic acids is 1. The monoisotopic (exact) mass is 370 g/mol. The van der Waals surface area contributed by atoms with Gasteiger partial charge in [-0.1, -0.05) is 23.7 Å². The molecule has 132 valence electrons. The van der Waals surface area contributed by atoms with Crippen LogP contribution in [0.4, 0.5) is 5.95 Å². The van der Waals surface area contributed by atoms with E-state index in [2.05, 4.69) is 20.5 Å². The predicted molar refractivity (Wildman–Crippen MR) is 96.6 cm³/mol. The zero-order valence-electron chi connectivity index (χ0n) is 13.8. The molecule has 2 aromatic carbocycles. The maximum Gasteiger partial charge on any atom is 0.268 e. The number of rotatable bonds is 4. The fourth-order valence-corrected chi connectivity index (χ4v) is 3.03. The number of halogens is 1. The minimum absolute atomic E-state index is 0.175. The number of nitrogens with zero attached hydrogens (tertiary/aromatic N) is 2. The molecule has 0 spiro atoms. The number of benzene rings is 2. The Balaban J connectivity index is 1.47. The van der Waals surface area contributed by atoms with Crippen LogP contribution in [-0.2, 0) is 11.2 Å². The highest BCUT2D eigenvalue weighted by Gasteiger charge is 2.30. The molecular weight excluding hydrogens is 356 g/mol. The van der Waals surface area contributed by atoms with Crippen LogP contribution < -0.4 is 14.8 Å². The molecule has 1 aliphatic heterocycles. The van der Waals surface area contributed by atoms with Crippen molar-refractivity contribution in [2.75, 3.05) is 12.4 Å². The molecular formula is C18H15ClN4O3. The normalized spacial score (nSPS) is 15.2. The third-order valence-electron chi connectivity index (χ3n) is 4.07. The molecule has 0 unspecified atom stereocenters. The quantitative estimate of drug-likeness (QED) is 0.736. The number of aromatic nitrogens is 3. The van der Waals surface area contributed by atoms with Gasteiger partial charge in [0.05, 0.1) is 12.7 Å². The van der Waals surface area contributed by atoms with Crippen LogP contribution in [-0.4, -0.2) is 34.3 Å². The van der Waals surface area contributed by atoms with E-state index in [4.69, 9.17) is 21.1 Å². The summed E-state index contributed by atoms with van der Waals surface area (Å²) >= 11 is 5.98. The number of hydrogen-bond acceptors (Lipinski definition) is 5. The highest BCUT2D eigenvalue weighted by molar-refractivity contribution is 6.30. The second kappa shape index (κ2) is 6.68. The SMILES string of the molecule is COc1ccccc1-c1nc(NC(=O)[C@H]2Cc3cc(Cl)ccc3O2)n[nH]1. The molecule has 1 aliphatic rings. The molecule has 0 saturated carbocycles. The Labute approximate surface area is 154 Å². The van der Waals surface area contributed by atoms with Crippen LogP contribution >= 0.6 is 11.6 Å². The molecule has 0 aliphatic carbocycles. The standard InChI is InChI=1S/C18H15ClN4O3/c1-25-14-5-3-2-4-12(14)16-20-18(23-22-16)21-17(24)15-9-10-8-11(19)6-7-13(10)26-15/h2-8,15H,9H2,1H3,(H2,20,21,22,23,24)/t15-/m1/s1. The van der Waals surface area contributed by atoms with E-state index >= 15 is 0 Å². The van der Waals surface area contributed by atoms with Crippen molar-refractivity contribution >= 4 is 23.5 Å². The molecule has 4 rings (SSSR count). The van der Waals surface area contributed by atoms with Crippen molar-refractivity contribution in [2.45, 2.75) is 12.5 Å². The Hall–Kier alpha value is -3.06. The van der Waals surface area contributed by atoms with Gasteiger partial charge in [-0.2, -0.15) is 4.98 Å². The summed E-state index contributed by atoms with van der Waals surface area (Å²) in [6, 6.07) is 12.7. The fourth-order valence-electron chi connectivity index (χ4n) is 2.83. The van der Waals surface area contributed by atoms with Gasteiger partial charge in [0, 0.05) is 11.4 Å². The third-order valence-corrected chi connectivity index (χ3v) is 4.31. The highest BCUT2D eigenvalue weighted by Crippen LogP contribution is 2.31. The average molecular weight is 371 g/mol. The molecule has 7 nitrogen and oxygen atoms in total. The number of nitrogens with one attached hydrogen (secondary N) is 2. The van der Waals surface area contributed by atoms with Crippen molar-refractivity contribution in [1.82, 2.24) is 15.2 Å². The Morgan fingerprint density at radius 1 is 1.35 bits per heavy atom. The summed E-state index contributed by atoms with van der Waals surface area (Å²) in [5, 5.41) is 10.1. The van der Waals surface area contributed by atoms with Gasteiger partial charge < -0.3 is 9.47 Å². The summed E-state index contributed by atoms with van der Waals surface area (Å²) in [5.74, 6) is 1.68. The van der Waals surface area contributed by atoms with Crippen LogP contribution in [0.5, 0.6) is 11.5 Å². The smallest absolute Gasteiger partial charge is 0.268 e. The number of hydrogen-bond donors (Lipinski definition) is 2. The van der Waals surface area contributed by atoms with Crippen molar-refractivity contribution in [1.29, 1.82) is 0 Å². The Kier molecular flexibility index (Phi) is 4.22. The molecule has 1 atom stereocenters. The minimum atomic E-state index is -0.642. The first-order valence-electron chi connectivity index (χ1n) is 7.96. The van der Waals surface area contributed by atoms with Gasteiger partial charge in [-0.15, -0.1) is 5.10 Å². The van der Waals surface area contributed by atoms with E-state index in [1.807, 2.05) is 24.3 Å². The van der Waals surface area contributed by atoms with Crippen LogP contribution in [0.2, 0.25) is 5.02 Å². The average Bonchev–Trinajstić information content (AvgIpc) is 3.28. The van der Waals surface area contributed by atoms with E-state index in [-0.39, 0.29) is 11.9 Å². The molecule has 0 fully saturated rings. The second-order valence-electron chi connectivity index (χ2n) is 5.76. The topological polar surface area (TPSA) is 89.1 Å². The number of fused-ring (bicyclic) bond motifs is 1.